The summed E-state index contributed by atoms with van der Waals surface area (Å²) in [7, 11) is 0. The summed E-state index contributed by atoms with van der Waals surface area (Å²) in [6, 6.07) is 10.3. The maximum atomic E-state index is 12.7. The van der Waals surface area contributed by atoms with E-state index >= 15 is 0 Å². The number of ketones is 1. The predicted octanol–water partition coefficient (Wildman–Crippen LogP) is 3.72. The van der Waals surface area contributed by atoms with Crippen molar-refractivity contribution in [3.63, 3.8) is 0 Å². The first-order valence-corrected chi connectivity index (χ1v) is 9.84. The van der Waals surface area contributed by atoms with Crippen molar-refractivity contribution in [2.24, 2.45) is 5.73 Å². The molecule has 0 spiro atoms. The molecule has 1 aromatic heterocycles. The maximum absolute atomic E-state index is 12.7. The van der Waals surface area contributed by atoms with Crippen molar-refractivity contribution in [2.45, 2.75) is 51.7 Å². The number of carbonyl (C=O) groups is 1. The lowest BCUT2D eigenvalue weighted by molar-refractivity contribution is -0.132. The zero-order chi connectivity index (χ0) is 19.2. The number of carbonyl (C=O) groups excluding carboxylic acids is 1. The molecule has 0 saturated heterocycles. The topological polar surface area (TPSA) is 72.5 Å². The van der Waals surface area contributed by atoms with Crippen LogP contribution in [0, 0.1) is 13.8 Å². The predicted molar refractivity (Wildman–Crippen MR) is 107 cm³/mol. The van der Waals surface area contributed by atoms with Crippen LogP contribution in [-0.2, 0) is 16.0 Å². The van der Waals surface area contributed by atoms with Crippen LogP contribution < -0.4 is 5.73 Å². The highest BCUT2D eigenvalue weighted by atomic mass is 32.1. The number of aryl methyl sites for hydroxylation is 3. The van der Waals surface area contributed by atoms with Crippen molar-refractivity contribution < 1.29 is 14.6 Å². The molecule has 0 aliphatic rings. The number of nitrogens with two attached hydrogens (primary N) is 1. The molecule has 1 heterocycles. The highest BCUT2D eigenvalue weighted by molar-refractivity contribution is 7.10. The Morgan fingerprint density at radius 3 is 2.69 bits per heavy atom. The van der Waals surface area contributed by atoms with Gasteiger partial charge in [0.1, 0.15) is 6.10 Å². The van der Waals surface area contributed by atoms with Gasteiger partial charge in [0.25, 0.3) is 0 Å². The largest absolute Gasteiger partial charge is 0.394 e. The Bertz CT molecular complexity index is 710. The van der Waals surface area contributed by atoms with Crippen LogP contribution in [0.4, 0.5) is 0 Å². The maximum Gasteiger partial charge on any atom is 0.166 e. The Kier molecular flexibility index (Phi) is 7.53. The summed E-state index contributed by atoms with van der Waals surface area (Å²) in [6.07, 6.45) is 1.50. The van der Waals surface area contributed by atoms with E-state index in [2.05, 4.69) is 32.0 Å². The summed E-state index contributed by atoms with van der Waals surface area (Å²) in [5.41, 5.74) is 8.90. The molecule has 5 heteroatoms. The number of benzene rings is 1. The van der Waals surface area contributed by atoms with E-state index in [1.54, 1.807) is 6.92 Å². The fourth-order valence-electron chi connectivity index (χ4n) is 2.65. The van der Waals surface area contributed by atoms with Gasteiger partial charge >= 0.3 is 0 Å². The van der Waals surface area contributed by atoms with Gasteiger partial charge in [0.15, 0.2) is 5.78 Å². The van der Waals surface area contributed by atoms with Crippen LogP contribution in [0.1, 0.15) is 47.4 Å². The van der Waals surface area contributed by atoms with Crippen LogP contribution in [0.15, 0.2) is 35.7 Å². The molecule has 0 amide bonds. The van der Waals surface area contributed by atoms with Gasteiger partial charge in [-0.05, 0) is 61.7 Å². The van der Waals surface area contributed by atoms with E-state index < -0.39 is 11.6 Å². The minimum Gasteiger partial charge on any atom is -0.394 e. The number of aliphatic hydroxyl groups is 1. The van der Waals surface area contributed by atoms with Gasteiger partial charge in [-0.2, -0.15) is 0 Å². The third-order valence-corrected chi connectivity index (χ3v) is 5.41. The highest BCUT2D eigenvalue weighted by Gasteiger charge is 2.26. The Hall–Kier alpha value is -1.53. The standard InChI is InChI=1S/C21H29NO3S/c1-15-9-10-17(12-16(15)2)6-4-7-18(24)20(19-8-5-11-26-19)25-14-21(3,22)13-23/h5,8-12,20,23H,4,6-7,13-14,22H2,1-3H3. The normalized spacial score (nSPS) is 14.8. The molecular weight excluding hydrogens is 346 g/mol. The molecule has 2 unspecified atom stereocenters. The number of Topliss-reactive ketones (excluding diaryl/α,β-unsaturated/α-hetero) is 1. The summed E-state index contributed by atoms with van der Waals surface area (Å²) in [6.45, 7) is 5.86. The molecule has 2 atom stereocenters. The SMILES string of the molecule is Cc1ccc(CCCC(=O)C(OCC(C)(N)CO)c2cccs2)cc1C. The van der Waals surface area contributed by atoms with Gasteiger partial charge in [-0.25, -0.2) is 0 Å². The molecule has 0 radical (unpaired) electrons. The van der Waals surface area contributed by atoms with E-state index in [-0.39, 0.29) is 19.0 Å². The minimum atomic E-state index is -0.852. The lowest BCUT2D eigenvalue weighted by atomic mass is 10.00. The lowest BCUT2D eigenvalue weighted by Gasteiger charge is -2.24. The van der Waals surface area contributed by atoms with Gasteiger partial charge in [-0.1, -0.05) is 24.3 Å². The summed E-state index contributed by atoms with van der Waals surface area (Å²) in [4.78, 5) is 13.6. The van der Waals surface area contributed by atoms with Crippen LogP contribution >= 0.6 is 11.3 Å². The number of rotatable bonds is 10. The van der Waals surface area contributed by atoms with Crippen molar-refractivity contribution in [3.8, 4) is 0 Å². The van der Waals surface area contributed by atoms with E-state index in [0.717, 1.165) is 17.7 Å². The average Bonchev–Trinajstić information content (AvgIpc) is 3.12. The molecular formula is C21H29NO3S. The first kappa shape index (κ1) is 20.8. The summed E-state index contributed by atoms with van der Waals surface area (Å²) >= 11 is 1.50. The zero-order valence-corrected chi connectivity index (χ0v) is 16.6. The summed E-state index contributed by atoms with van der Waals surface area (Å²) in [5.74, 6) is 0.0602. The number of thiophene rings is 1. The fraction of sp³-hybridized carbons (Fsp3) is 0.476. The van der Waals surface area contributed by atoms with E-state index in [0.29, 0.717) is 6.42 Å². The minimum absolute atomic E-state index is 0.0602. The quantitative estimate of drug-likeness (QED) is 0.664. The molecule has 142 valence electrons. The second-order valence-electron chi connectivity index (χ2n) is 7.26. The highest BCUT2D eigenvalue weighted by Crippen LogP contribution is 2.26. The third kappa shape index (κ3) is 6.02. The van der Waals surface area contributed by atoms with Gasteiger partial charge in [0.2, 0.25) is 0 Å². The fourth-order valence-corrected chi connectivity index (χ4v) is 3.44. The molecule has 26 heavy (non-hydrogen) atoms. The number of hydrogen-bond donors (Lipinski definition) is 2. The molecule has 0 aliphatic heterocycles. The second kappa shape index (κ2) is 9.42. The van der Waals surface area contributed by atoms with E-state index in [4.69, 9.17) is 10.5 Å². The zero-order valence-electron chi connectivity index (χ0n) is 15.8. The van der Waals surface area contributed by atoms with Crippen molar-refractivity contribution >= 4 is 17.1 Å². The Morgan fingerprint density at radius 2 is 2.08 bits per heavy atom. The Balaban J connectivity index is 1.94. The van der Waals surface area contributed by atoms with Gasteiger partial charge in [-0.3, -0.25) is 4.79 Å². The molecule has 1 aromatic carbocycles. The van der Waals surface area contributed by atoms with Crippen molar-refractivity contribution in [2.75, 3.05) is 13.2 Å². The number of hydrogen-bond acceptors (Lipinski definition) is 5. The smallest absolute Gasteiger partial charge is 0.166 e. The van der Waals surface area contributed by atoms with Gasteiger partial charge < -0.3 is 15.6 Å². The van der Waals surface area contributed by atoms with Crippen molar-refractivity contribution in [1.29, 1.82) is 0 Å². The first-order chi connectivity index (χ1) is 12.3. The lowest BCUT2D eigenvalue weighted by Crippen LogP contribution is -2.45. The van der Waals surface area contributed by atoms with E-state index in [1.165, 1.54) is 28.0 Å². The molecule has 0 fully saturated rings. The molecule has 2 aromatic rings. The number of aliphatic hydroxyl groups excluding tert-OH is 1. The van der Waals surface area contributed by atoms with Crippen LogP contribution in [-0.4, -0.2) is 29.6 Å². The summed E-state index contributed by atoms with van der Waals surface area (Å²) < 4.78 is 5.82. The molecule has 3 N–H and O–H groups in total. The van der Waals surface area contributed by atoms with Gasteiger partial charge in [-0.15, -0.1) is 11.3 Å². The van der Waals surface area contributed by atoms with Gasteiger partial charge in [0, 0.05) is 11.3 Å². The van der Waals surface area contributed by atoms with Crippen LogP contribution in [0.2, 0.25) is 0 Å². The van der Waals surface area contributed by atoms with Gasteiger partial charge in [0.05, 0.1) is 18.8 Å². The second-order valence-corrected chi connectivity index (χ2v) is 8.24. The van der Waals surface area contributed by atoms with E-state index in [9.17, 15) is 9.90 Å². The molecule has 0 aliphatic carbocycles. The Labute approximate surface area is 160 Å². The van der Waals surface area contributed by atoms with Crippen molar-refractivity contribution in [3.05, 3.63) is 57.3 Å². The van der Waals surface area contributed by atoms with E-state index in [1.807, 2.05) is 17.5 Å². The van der Waals surface area contributed by atoms with Crippen LogP contribution in [0.5, 0.6) is 0 Å². The first-order valence-electron chi connectivity index (χ1n) is 8.96. The number of ether oxygens (including phenoxy) is 1. The molecule has 2 rings (SSSR count). The van der Waals surface area contributed by atoms with Crippen LogP contribution in [0.3, 0.4) is 0 Å². The molecule has 0 bridgehead atoms. The average molecular weight is 376 g/mol. The van der Waals surface area contributed by atoms with Crippen molar-refractivity contribution in [1.82, 2.24) is 0 Å². The van der Waals surface area contributed by atoms with Crippen LogP contribution in [0.25, 0.3) is 0 Å². The molecule has 4 nitrogen and oxygen atoms in total. The Morgan fingerprint density at radius 1 is 1.31 bits per heavy atom. The monoisotopic (exact) mass is 375 g/mol. The molecule has 0 saturated carbocycles. The summed E-state index contributed by atoms with van der Waals surface area (Å²) in [5, 5.41) is 11.2. The third-order valence-electron chi connectivity index (χ3n) is 4.49.